The molecular formula is C33H37FO10. The number of hydrogen-bond donors (Lipinski definition) is 0. The SMILES string of the molecule is C=C(C)C(=O)OCCCOC(=O)c1cc(C(=O)OCCCOC(=O)C(C)(C)C)cc(-c2ccc(OC(=O)C(=C)C)c(F)c2)c1. The number of ether oxygens (including phenoxy) is 5. The Hall–Kier alpha value is -4.80. The molecule has 2 aromatic carbocycles. The summed E-state index contributed by atoms with van der Waals surface area (Å²) in [5, 5.41) is 0. The lowest BCUT2D eigenvalue weighted by Gasteiger charge is -2.16. The highest BCUT2D eigenvalue weighted by molar-refractivity contribution is 5.97. The van der Waals surface area contributed by atoms with Gasteiger partial charge in [-0.25, -0.2) is 23.6 Å². The van der Waals surface area contributed by atoms with Gasteiger partial charge in [0.15, 0.2) is 11.6 Å². The van der Waals surface area contributed by atoms with Crippen LogP contribution in [0.4, 0.5) is 4.39 Å². The molecule has 236 valence electrons. The van der Waals surface area contributed by atoms with E-state index in [9.17, 15) is 28.4 Å². The maximum Gasteiger partial charge on any atom is 0.338 e. The highest BCUT2D eigenvalue weighted by atomic mass is 19.1. The molecule has 0 spiro atoms. The zero-order valence-electron chi connectivity index (χ0n) is 25.6. The average molecular weight is 613 g/mol. The fourth-order valence-corrected chi connectivity index (χ4v) is 3.26. The first-order valence-corrected chi connectivity index (χ1v) is 13.8. The molecule has 10 nitrogen and oxygen atoms in total. The van der Waals surface area contributed by atoms with Gasteiger partial charge >= 0.3 is 29.8 Å². The van der Waals surface area contributed by atoms with Crippen LogP contribution < -0.4 is 4.74 Å². The maximum atomic E-state index is 14.8. The summed E-state index contributed by atoms with van der Waals surface area (Å²) in [5.41, 5.74) is 0.160. The summed E-state index contributed by atoms with van der Waals surface area (Å²) < 4.78 is 40.5. The molecule has 0 N–H and O–H groups in total. The van der Waals surface area contributed by atoms with Crippen molar-refractivity contribution >= 4 is 29.8 Å². The van der Waals surface area contributed by atoms with Gasteiger partial charge in [-0.2, -0.15) is 0 Å². The lowest BCUT2D eigenvalue weighted by molar-refractivity contribution is -0.153. The van der Waals surface area contributed by atoms with Crippen molar-refractivity contribution in [1.29, 1.82) is 0 Å². The van der Waals surface area contributed by atoms with Crippen LogP contribution in [-0.4, -0.2) is 56.3 Å². The number of carbonyl (C=O) groups excluding carboxylic acids is 5. The molecule has 0 aromatic heterocycles. The molecular weight excluding hydrogens is 575 g/mol. The first kappa shape index (κ1) is 35.4. The van der Waals surface area contributed by atoms with Crippen LogP contribution in [0.2, 0.25) is 0 Å². The largest absolute Gasteiger partial charge is 0.465 e. The lowest BCUT2D eigenvalue weighted by Crippen LogP contribution is -2.23. The van der Waals surface area contributed by atoms with E-state index in [2.05, 4.69) is 13.2 Å². The molecule has 0 fully saturated rings. The monoisotopic (exact) mass is 612 g/mol. The third-order valence-electron chi connectivity index (χ3n) is 5.69. The molecule has 0 aliphatic carbocycles. The summed E-state index contributed by atoms with van der Waals surface area (Å²) >= 11 is 0. The molecule has 0 radical (unpaired) electrons. The van der Waals surface area contributed by atoms with Gasteiger partial charge in [0, 0.05) is 24.0 Å². The molecule has 0 amide bonds. The van der Waals surface area contributed by atoms with Crippen molar-refractivity contribution in [2.75, 3.05) is 26.4 Å². The van der Waals surface area contributed by atoms with Crippen molar-refractivity contribution in [2.45, 2.75) is 47.5 Å². The van der Waals surface area contributed by atoms with Crippen LogP contribution in [-0.2, 0) is 33.3 Å². The Morgan fingerprint density at radius 1 is 0.682 bits per heavy atom. The lowest BCUT2D eigenvalue weighted by atomic mass is 9.97. The minimum atomic E-state index is -0.858. The van der Waals surface area contributed by atoms with Gasteiger partial charge in [0.1, 0.15) is 0 Å². The van der Waals surface area contributed by atoms with Gasteiger partial charge < -0.3 is 23.7 Å². The number of carbonyl (C=O) groups is 5. The molecule has 0 aliphatic rings. The predicted octanol–water partition coefficient (Wildman–Crippen LogP) is 5.78. The fraction of sp³-hybridized carbons (Fsp3) is 0.364. The second-order valence-electron chi connectivity index (χ2n) is 10.9. The van der Waals surface area contributed by atoms with Crippen LogP contribution in [0.25, 0.3) is 11.1 Å². The van der Waals surface area contributed by atoms with Crippen molar-refractivity contribution in [3.05, 3.63) is 77.6 Å². The van der Waals surface area contributed by atoms with E-state index < -0.39 is 35.1 Å². The summed E-state index contributed by atoms with van der Waals surface area (Å²) in [5.74, 6) is -4.49. The summed E-state index contributed by atoms with van der Waals surface area (Å²) in [4.78, 5) is 61.0. The van der Waals surface area contributed by atoms with Crippen LogP contribution in [0.15, 0.2) is 60.7 Å². The van der Waals surface area contributed by atoms with E-state index in [0.717, 1.165) is 6.07 Å². The summed E-state index contributed by atoms with van der Waals surface area (Å²) in [6.45, 7) is 14.9. The van der Waals surface area contributed by atoms with E-state index in [-0.39, 0.29) is 84.4 Å². The second kappa shape index (κ2) is 16.2. The van der Waals surface area contributed by atoms with Crippen LogP contribution in [0, 0.1) is 11.2 Å². The summed E-state index contributed by atoms with van der Waals surface area (Å²) in [6, 6.07) is 7.85. The van der Waals surface area contributed by atoms with Crippen molar-refractivity contribution in [2.24, 2.45) is 5.41 Å². The van der Waals surface area contributed by atoms with Gasteiger partial charge in [0.25, 0.3) is 0 Å². The van der Waals surface area contributed by atoms with Crippen molar-refractivity contribution in [1.82, 2.24) is 0 Å². The zero-order chi connectivity index (χ0) is 33.0. The second-order valence-corrected chi connectivity index (χ2v) is 10.9. The Balaban J connectivity index is 2.22. The van der Waals surface area contributed by atoms with Gasteiger partial charge in [-0.15, -0.1) is 0 Å². The van der Waals surface area contributed by atoms with Crippen molar-refractivity contribution in [3.63, 3.8) is 0 Å². The van der Waals surface area contributed by atoms with E-state index in [4.69, 9.17) is 23.7 Å². The minimum Gasteiger partial charge on any atom is -0.465 e. The predicted molar refractivity (Wildman–Crippen MR) is 158 cm³/mol. The summed E-state index contributed by atoms with van der Waals surface area (Å²) in [6.07, 6.45) is 0.461. The number of benzene rings is 2. The van der Waals surface area contributed by atoms with E-state index in [1.165, 1.54) is 44.2 Å². The quantitative estimate of drug-likeness (QED) is 0.0851. The molecule has 0 atom stereocenters. The van der Waals surface area contributed by atoms with E-state index in [0.29, 0.717) is 0 Å². The smallest absolute Gasteiger partial charge is 0.338 e. The molecule has 11 heteroatoms. The highest BCUT2D eigenvalue weighted by Crippen LogP contribution is 2.28. The third-order valence-corrected chi connectivity index (χ3v) is 5.69. The summed E-state index contributed by atoms with van der Waals surface area (Å²) in [7, 11) is 0. The molecule has 2 aromatic rings. The Labute approximate surface area is 255 Å². The van der Waals surface area contributed by atoms with E-state index in [1.54, 1.807) is 20.8 Å². The van der Waals surface area contributed by atoms with Crippen LogP contribution in [0.1, 0.15) is 68.2 Å². The Bertz CT molecular complexity index is 1430. The number of esters is 5. The van der Waals surface area contributed by atoms with Crippen LogP contribution >= 0.6 is 0 Å². The highest BCUT2D eigenvalue weighted by Gasteiger charge is 2.23. The molecule has 0 bridgehead atoms. The molecule has 2 rings (SSSR count). The number of hydrogen-bond acceptors (Lipinski definition) is 10. The van der Waals surface area contributed by atoms with Gasteiger partial charge in [0.05, 0.1) is 43.0 Å². The minimum absolute atomic E-state index is 0.00320. The fourth-order valence-electron chi connectivity index (χ4n) is 3.26. The standard InChI is InChI=1S/C33H37FO10/c1-20(2)28(35)40-12-8-13-41-30(37)24-16-23(22-10-11-27(26(34)19-22)44-29(36)21(3)4)17-25(18-24)31(38)42-14-9-15-43-32(39)33(5,6)7/h10-11,16-19H,1,3,8-9,12-15H2,2,4-7H3. The molecule has 0 aliphatic heterocycles. The first-order valence-electron chi connectivity index (χ1n) is 13.8. The Morgan fingerprint density at radius 2 is 1.18 bits per heavy atom. The Morgan fingerprint density at radius 3 is 1.66 bits per heavy atom. The number of halogens is 1. The van der Waals surface area contributed by atoms with Gasteiger partial charge in [0.2, 0.25) is 0 Å². The molecule has 0 saturated carbocycles. The molecule has 44 heavy (non-hydrogen) atoms. The van der Waals surface area contributed by atoms with E-state index in [1.807, 2.05) is 0 Å². The average Bonchev–Trinajstić information content (AvgIpc) is 2.96. The van der Waals surface area contributed by atoms with Gasteiger partial charge in [-0.3, -0.25) is 4.79 Å². The maximum absolute atomic E-state index is 14.8. The van der Waals surface area contributed by atoms with Crippen molar-refractivity contribution < 1.29 is 52.0 Å². The van der Waals surface area contributed by atoms with Crippen molar-refractivity contribution in [3.8, 4) is 16.9 Å². The normalized spacial score (nSPS) is 10.8. The van der Waals surface area contributed by atoms with Gasteiger partial charge in [-0.05, 0) is 76.1 Å². The van der Waals surface area contributed by atoms with E-state index >= 15 is 0 Å². The first-order chi connectivity index (χ1) is 20.6. The zero-order valence-corrected chi connectivity index (χ0v) is 25.6. The topological polar surface area (TPSA) is 132 Å². The molecule has 0 heterocycles. The van der Waals surface area contributed by atoms with Crippen LogP contribution in [0.3, 0.4) is 0 Å². The Kier molecular flexibility index (Phi) is 13.0. The number of rotatable bonds is 14. The molecule has 0 saturated heterocycles. The van der Waals surface area contributed by atoms with Crippen LogP contribution in [0.5, 0.6) is 5.75 Å². The molecule has 0 unspecified atom stereocenters. The van der Waals surface area contributed by atoms with Gasteiger partial charge in [-0.1, -0.05) is 19.2 Å². The third kappa shape index (κ3) is 11.1.